The average molecular weight is 478 g/mol. The molecule has 182 valence electrons. The highest BCUT2D eigenvalue weighted by Crippen LogP contribution is 2.44. The summed E-state index contributed by atoms with van der Waals surface area (Å²) in [4.78, 5) is 24.4. The predicted molar refractivity (Wildman–Crippen MR) is 129 cm³/mol. The van der Waals surface area contributed by atoms with Gasteiger partial charge in [-0.3, -0.25) is 4.79 Å². The van der Waals surface area contributed by atoms with Crippen LogP contribution in [0, 0.1) is 0 Å². The number of carbonyl (C=O) groups is 2. The maximum atomic E-state index is 12.8. The lowest BCUT2D eigenvalue weighted by Gasteiger charge is -2.22. The van der Waals surface area contributed by atoms with Gasteiger partial charge in [-0.05, 0) is 28.3 Å². The van der Waals surface area contributed by atoms with E-state index in [4.69, 9.17) is 18.9 Å². The first-order chi connectivity index (χ1) is 17.0. The van der Waals surface area contributed by atoms with Crippen molar-refractivity contribution in [1.29, 1.82) is 0 Å². The second-order valence-corrected chi connectivity index (χ2v) is 8.07. The molecule has 0 radical (unpaired) electrons. The zero-order chi connectivity index (χ0) is 24.9. The molecule has 1 aliphatic carbocycles. The van der Waals surface area contributed by atoms with Gasteiger partial charge in [0.15, 0.2) is 11.5 Å². The summed E-state index contributed by atoms with van der Waals surface area (Å²) in [7, 11) is 4.41. The summed E-state index contributed by atoms with van der Waals surface area (Å²) < 4.78 is 21.7. The van der Waals surface area contributed by atoms with Crippen LogP contribution in [0.15, 0.2) is 60.7 Å². The van der Waals surface area contributed by atoms with Crippen molar-refractivity contribution >= 4 is 12.1 Å². The van der Waals surface area contributed by atoms with Crippen LogP contribution in [-0.4, -0.2) is 45.1 Å². The van der Waals surface area contributed by atoms with Crippen LogP contribution < -0.4 is 19.5 Å². The molecular weight excluding hydrogens is 450 g/mol. The van der Waals surface area contributed by atoms with E-state index in [-0.39, 0.29) is 18.9 Å². The maximum Gasteiger partial charge on any atom is 0.407 e. The maximum absolute atomic E-state index is 12.8. The van der Waals surface area contributed by atoms with Crippen LogP contribution in [0.2, 0.25) is 0 Å². The molecule has 1 aliphatic rings. The number of amides is 1. The third kappa shape index (κ3) is 4.87. The Kier molecular flexibility index (Phi) is 7.10. The molecule has 0 saturated heterocycles. The van der Waals surface area contributed by atoms with Crippen LogP contribution in [0.1, 0.15) is 35.1 Å². The van der Waals surface area contributed by atoms with Gasteiger partial charge in [-0.15, -0.1) is 0 Å². The standard InChI is InChI=1S/C27H27NO7/c1-32-23-14-25(34-3)24(33-2)12-20(23)22(13-26(29)30)28-27(31)35-15-21-18-10-6-4-8-16(18)17-9-5-7-11-19(17)21/h4-12,14,21-22H,13,15H2,1-3H3,(H,28,31)(H,29,30). The number of nitrogens with one attached hydrogen (secondary N) is 1. The van der Waals surface area contributed by atoms with E-state index < -0.39 is 18.1 Å². The van der Waals surface area contributed by atoms with Crippen molar-refractivity contribution in [1.82, 2.24) is 5.32 Å². The number of methoxy groups -OCH3 is 3. The molecule has 1 unspecified atom stereocenters. The Labute approximate surface area is 203 Å². The lowest BCUT2D eigenvalue weighted by molar-refractivity contribution is -0.137. The number of carboxylic acids is 1. The zero-order valence-corrected chi connectivity index (χ0v) is 19.7. The minimum Gasteiger partial charge on any atom is -0.496 e. The minimum atomic E-state index is -1.09. The van der Waals surface area contributed by atoms with Crippen LogP contribution in [0.3, 0.4) is 0 Å². The monoisotopic (exact) mass is 477 g/mol. The third-order valence-corrected chi connectivity index (χ3v) is 6.13. The first-order valence-electron chi connectivity index (χ1n) is 11.1. The van der Waals surface area contributed by atoms with Gasteiger partial charge in [0.05, 0.1) is 33.8 Å². The first kappa shape index (κ1) is 23.9. The summed E-state index contributed by atoms with van der Waals surface area (Å²) in [6, 6.07) is 18.3. The van der Waals surface area contributed by atoms with Crippen molar-refractivity contribution in [3.8, 4) is 28.4 Å². The molecular formula is C27H27NO7. The summed E-state index contributed by atoms with van der Waals surface area (Å²) in [5.41, 5.74) is 4.85. The highest BCUT2D eigenvalue weighted by molar-refractivity contribution is 5.79. The molecule has 0 spiro atoms. The van der Waals surface area contributed by atoms with E-state index in [1.54, 1.807) is 12.1 Å². The summed E-state index contributed by atoms with van der Waals surface area (Å²) in [5, 5.41) is 12.2. The number of hydrogen-bond donors (Lipinski definition) is 2. The Balaban J connectivity index is 1.55. The molecule has 0 heterocycles. The molecule has 4 rings (SSSR count). The average Bonchev–Trinajstić information content (AvgIpc) is 3.19. The van der Waals surface area contributed by atoms with Crippen LogP contribution in [0.25, 0.3) is 11.1 Å². The van der Waals surface area contributed by atoms with Gasteiger partial charge in [0.1, 0.15) is 12.4 Å². The van der Waals surface area contributed by atoms with Crippen molar-refractivity contribution < 1.29 is 33.6 Å². The van der Waals surface area contributed by atoms with Gasteiger partial charge in [0.25, 0.3) is 0 Å². The molecule has 8 nitrogen and oxygen atoms in total. The number of carboxylic acid groups (broad SMARTS) is 1. The molecule has 3 aromatic rings. The van der Waals surface area contributed by atoms with Crippen molar-refractivity contribution in [2.45, 2.75) is 18.4 Å². The van der Waals surface area contributed by atoms with Crippen LogP contribution >= 0.6 is 0 Å². The lowest BCUT2D eigenvalue weighted by Crippen LogP contribution is -2.32. The van der Waals surface area contributed by atoms with E-state index in [9.17, 15) is 14.7 Å². The largest absolute Gasteiger partial charge is 0.496 e. The molecule has 35 heavy (non-hydrogen) atoms. The Bertz CT molecular complexity index is 1190. The zero-order valence-electron chi connectivity index (χ0n) is 19.7. The highest BCUT2D eigenvalue weighted by Gasteiger charge is 2.30. The predicted octanol–water partition coefficient (Wildman–Crippen LogP) is 4.77. The molecule has 0 saturated carbocycles. The van der Waals surface area contributed by atoms with Crippen molar-refractivity contribution in [2.75, 3.05) is 27.9 Å². The van der Waals surface area contributed by atoms with E-state index in [1.807, 2.05) is 36.4 Å². The van der Waals surface area contributed by atoms with Gasteiger partial charge in [0.2, 0.25) is 0 Å². The van der Waals surface area contributed by atoms with Gasteiger partial charge in [-0.2, -0.15) is 0 Å². The van der Waals surface area contributed by atoms with Gasteiger partial charge < -0.3 is 29.4 Å². The van der Waals surface area contributed by atoms with Crippen molar-refractivity contribution in [3.63, 3.8) is 0 Å². The van der Waals surface area contributed by atoms with Gasteiger partial charge in [0, 0.05) is 17.5 Å². The number of alkyl carbamates (subject to hydrolysis) is 1. The summed E-state index contributed by atoms with van der Waals surface area (Å²) in [5.74, 6) is -0.0448. The normalized spacial score (nSPS) is 12.8. The van der Waals surface area contributed by atoms with E-state index >= 15 is 0 Å². The fraction of sp³-hybridized carbons (Fsp3) is 0.259. The molecule has 3 aromatic carbocycles. The Hall–Kier alpha value is -4.20. The smallest absolute Gasteiger partial charge is 0.407 e. The van der Waals surface area contributed by atoms with E-state index in [0.29, 0.717) is 22.8 Å². The number of fused-ring (bicyclic) bond motifs is 3. The van der Waals surface area contributed by atoms with E-state index in [2.05, 4.69) is 17.4 Å². The van der Waals surface area contributed by atoms with Crippen molar-refractivity contribution in [2.24, 2.45) is 0 Å². The fourth-order valence-corrected chi connectivity index (χ4v) is 4.52. The Morgan fingerprint density at radius 1 is 0.857 bits per heavy atom. The van der Waals surface area contributed by atoms with Crippen LogP contribution in [0.5, 0.6) is 17.2 Å². The molecule has 0 fully saturated rings. The minimum absolute atomic E-state index is 0.110. The number of rotatable bonds is 9. The number of carbonyl (C=O) groups excluding carboxylic acids is 1. The SMILES string of the molecule is COc1cc(OC)c(C(CC(=O)O)NC(=O)OCC2c3ccccc3-c3ccccc32)cc1OC. The van der Waals surface area contributed by atoms with Gasteiger partial charge >= 0.3 is 12.1 Å². The summed E-state index contributed by atoms with van der Waals surface area (Å²) in [6.45, 7) is 0.114. The first-order valence-corrected chi connectivity index (χ1v) is 11.1. The molecule has 1 amide bonds. The van der Waals surface area contributed by atoms with Gasteiger partial charge in [-0.25, -0.2) is 4.79 Å². The quantitative estimate of drug-likeness (QED) is 0.458. The third-order valence-electron chi connectivity index (χ3n) is 6.13. The summed E-state index contributed by atoms with van der Waals surface area (Å²) >= 11 is 0. The molecule has 1 atom stereocenters. The Morgan fingerprint density at radius 2 is 1.40 bits per heavy atom. The second kappa shape index (κ2) is 10.4. The number of ether oxygens (including phenoxy) is 4. The molecule has 0 bridgehead atoms. The number of benzene rings is 3. The molecule has 0 aliphatic heterocycles. The molecule has 8 heteroatoms. The molecule has 0 aromatic heterocycles. The topological polar surface area (TPSA) is 103 Å². The fourth-order valence-electron chi connectivity index (χ4n) is 4.52. The highest BCUT2D eigenvalue weighted by atomic mass is 16.5. The number of hydrogen-bond acceptors (Lipinski definition) is 6. The van der Waals surface area contributed by atoms with Gasteiger partial charge in [-0.1, -0.05) is 48.5 Å². The molecule has 2 N–H and O–H groups in total. The van der Waals surface area contributed by atoms with E-state index in [0.717, 1.165) is 22.3 Å². The van der Waals surface area contributed by atoms with Crippen LogP contribution in [-0.2, 0) is 9.53 Å². The van der Waals surface area contributed by atoms with Crippen molar-refractivity contribution in [3.05, 3.63) is 77.4 Å². The summed E-state index contributed by atoms with van der Waals surface area (Å²) in [6.07, 6.45) is -1.11. The lowest BCUT2D eigenvalue weighted by atomic mass is 9.98. The van der Waals surface area contributed by atoms with Crippen LogP contribution in [0.4, 0.5) is 4.79 Å². The number of aliphatic carboxylic acids is 1. The van der Waals surface area contributed by atoms with E-state index in [1.165, 1.54) is 21.3 Å². The second-order valence-electron chi connectivity index (χ2n) is 8.07. The Morgan fingerprint density at radius 3 is 1.94 bits per heavy atom.